The summed E-state index contributed by atoms with van der Waals surface area (Å²) >= 11 is 0. The molecule has 0 saturated carbocycles. The number of rotatable bonds is 9. The predicted octanol–water partition coefficient (Wildman–Crippen LogP) is 2.94. The molecule has 0 aromatic carbocycles. The van der Waals surface area contributed by atoms with Crippen LogP contribution in [0.2, 0.25) is 0 Å². The van der Waals surface area contributed by atoms with E-state index in [1.165, 1.54) is 38.5 Å². The second-order valence-corrected chi connectivity index (χ2v) is 4.92. The standard InChI is InChI=1S/C14H27N2O/c1-3-4-5-6-7-8-9-10-14(17)16-12-11-15(2)13-16/h11-14,17H,3-10H2,1-2H3/q+1. The Morgan fingerprint density at radius 1 is 1.12 bits per heavy atom. The van der Waals surface area contributed by atoms with E-state index in [4.69, 9.17) is 0 Å². The molecule has 1 aromatic heterocycles. The van der Waals surface area contributed by atoms with Crippen LogP contribution in [0, 0.1) is 0 Å². The van der Waals surface area contributed by atoms with Crippen LogP contribution in [0.3, 0.4) is 0 Å². The third-order valence-electron chi connectivity index (χ3n) is 3.20. The van der Waals surface area contributed by atoms with Gasteiger partial charge >= 0.3 is 0 Å². The summed E-state index contributed by atoms with van der Waals surface area (Å²) in [5, 5.41) is 9.92. The molecule has 0 amide bonds. The fourth-order valence-electron chi connectivity index (χ4n) is 2.08. The quantitative estimate of drug-likeness (QED) is 0.521. The lowest BCUT2D eigenvalue weighted by Gasteiger charge is -2.06. The first kappa shape index (κ1) is 14.2. The molecule has 1 N–H and O–H groups in total. The van der Waals surface area contributed by atoms with E-state index in [2.05, 4.69) is 6.92 Å². The minimum absolute atomic E-state index is 0.355. The smallest absolute Gasteiger partial charge is 0.245 e. The summed E-state index contributed by atoms with van der Waals surface area (Å²) in [6, 6.07) is 0. The second-order valence-electron chi connectivity index (χ2n) is 4.92. The Morgan fingerprint density at radius 3 is 2.35 bits per heavy atom. The van der Waals surface area contributed by atoms with Gasteiger partial charge in [0.2, 0.25) is 6.33 Å². The fourth-order valence-corrected chi connectivity index (χ4v) is 2.08. The molecule has 0 aliphatic carbocycles. The van der Waals surface area contributed by atoms with Gasteiger partial charge in [0.25, 0.3) is 0 Å². The van der Waals surface area contributed by atoms with Crippen LogP contribution in [0.5, 0.6) is 0 Å². The first-order valence-electron chi connectivity index (χ1n) is 6.95. The highest BCUT2D eigenvalue weighted by Crippen LogP contribution is 2.14. The SMILES string of the molecule is CCCCCCCCCC(O)n1cc[n+](C)c1. The molecule has 0 bridgehead atoms. The van der Waals surface area contributed by atoms with Crippen LogP contribution in [0.1, 0.15) is 64.5 Å². The predicted molar refractivity (Wildman–Crippen MR) is 69.5 cm³/mol. The van der Waals surface area contributed by atoms with Gasteiger partial charge in [-0.25, -0.2) is 9.13 Å². The number of aliphatic hydroxyl groups excluding tert-OH is 1. The molecule has 3 nitrogen and oxygen atoms in total. The van der Waals surface area contributed by atoms with Crippen molar-refractivity contribution >= 4 is 0 Å². The molecule has 1 heterocycles. The van der Waals surface area contributed by atoms with Crippen molar-refractivity contribution in [3.05, 3.63) is 18.7 Å². The van der Waals surface area contributed by atoms with Crippen LogP contribution in [-0.4, -0.2) is 9.67 Å². The van der Waals surface area contributed by atoms with Gasteiger partial charge in [0.15, 0.2) is 6.23 Å². The Labute approximate surface area is 105 Å². The third kappa shape index (κ3) is 5.87. The van der Waals surface area contributed by atoms with E-state index in [-0.39, 0.29) is 6.23 Å². The number of nitrogens with zero attached hydrogens (tertiary/aromatic N) is 2. The van der Waals surface area contributed by atoms with E-state index in [0.29, 0.717) is 0 Å². The molecular formula is C14H27N2O+. The van der Waals surface area contributed by atoms with Crippen LogP contribution < -0.4 is 4.57 Å². The highest BCUT2D eigenvalue weighted by molar-refractivity contribution is 4.69. The Bertz CT molecular complexity index is 296. The molecular weight excluding hydrogens is 212 g/mol. The van der Waals surface area contributed by atoms with Crippen LogP contribution in [0.25, 0.3) is 0 Å². The lowest BCUT2D eigenvalue weighted by Crippen LogP contribution is -2.24. The van der Waals surface area contributed by atoms with E-state index in [1.807, 2.05) is 34.9 Å². The van der Waals surface area contributed by atoms with Crippen molar-refractivity contribution < 1.29 is 9.67 Å². The first-order valence-corrected chi connectivity index (χ1v) is 6.95. The first-order chi connectivity index (χ1) is 8.24. The molecule has 0 saturated heterocycles. The molecule has 1 atom stereocenters. The summed E-state index contributed by atoms with van der Waals surface area (Å²) in [5.74, 6) is 0. The minimum atomic E-state index is -0.355. The highest BCUT2D eigenvalue weighted by atomic mass is 16.3. The normalized spacial score (nSPS) is 12.9. The summed E-state index contributed by atoms with van der Waals surface area (Å²) in [4.78, 5) is 0. The Morgan fingerprint density at radius 2 is 1.76 bits per heavy atom. The maximum atomic E-state index is 9.92. The van der Waals surface area contributed by atoms with Crippen molar-refractivity contribution in [3.63, 3.8) is 0 Å². The summed E-state index contributed by atoms with van der Waals surface area (Å²) in [6.45, 7) is 2.24. The van der Waals surface area contributed by atoms with Gasteiger partial charge in [-0.15, -0.1) is 0 Å². The van der Waals surface area contributed by atoms with Crippen molar-refractivity contribution in [3.8, 4) is 0 Å². The average molecular weight is 239 g/mol. The fraction of sp³-hybridized carbons (Fsp3) is 0.786. The van der Waals surface area contributed by atoms with Crippen molar-refractivity contribution in [1.29, 1.82) is 0 Å². The maximum absolute atomic E-state index is 9.92. The third-order valence-corrected chi connectivity index (χ3v) is 3.20. The molecule has 0 fully saturated rings. The Kier molecular flexibility index (Phi) is 6.94. The maximum Gasteiger partial charge on any atom is 0.245 e. The number of unbranched alkanes of at least 4 members (excludes halogenated alkanes) is 6. The molecule has 98 valence electrons. The van der Waals surface area contributed by atoms with Crippen LogP contribution >= 0.6 is 0 Å². The molecule has 0 radical (unpaired) electrons. The molecule has 3 heteroatoms. The zero-order chi connectivity index (χ0) is 12.5. The van der Waals surface area contributed by atoms with Gasteiger partial charge < -0.3 is 5.11 Å². The number of aliphatic hydroxyl groups is 1. The zero-order valence-corrected chi connectivity index (χ0v) is 11.3. The molecule has 0 aliphatic heterocycles. The van der Waals surface area contributed by atoms with Gasteiger partial charge in [-0.1, -0.05) is 45.4 Å². The highest BCUT2D eigenvalue weighted by Gasteiger charge is 2.11. The summed E-state index contributed by atoms with van der Waals surface area (Å²) < 4.78 is 3.82. The number of aryl methyl sites for hydroxylation is 1. The summed E-state index contributed by atoms with van der Waals surface area (Å²) in [5.41, 5.74) is 0. The number of aromatic nitrogens is 2. The topological polar surface area (TPSA) is 29.0 Å². The monoisotopic (exact) mass is 239 g/mol. The lowest BCUT2D eigenvalue weighted by molar-refractivity contribution is -0.671. The minimum Gasteiger partial charge on any atom is -0.355 e. The second kappa shape index (κ2) is 8.29. The Hall–Kier alpha value is -0.830. The zero-order valence-electron chi connectivity index (χ0n) is 11.3. The average Bonchev–Trinajstić information content (AvgIpc) is 2.74. The molecule has 0 aliphatic rings. The van der Waals surface area contributed by atoms with E-state index >= 15 is 0 Å². The number of hydrogen-bond donors (Lipinski definition) is 1. The van der Waals surface area contributed by atoms with E-state index in [0.717, 1.165) is 12.8 Å². The van der Waals surface area contributed by atoms with Gasteiger partial charge in [-0.3, -0.25) is 0 Å². The van der Waals surface area contributed by atoms with Gasteiger partial charge in [0.05, 0.1) is 7.05 Å². The van der Waals surface area contributed by atoms with Crippen molar-refractivity contribution in [2.75, 3.05) is 0 Å². The van der Waals surface area contributed by atoms with Crippen LogP contribution in [0.15, 0.2) is 18.7 Å². The Balaban J connectivity index is 2.03. The molecule has 1 rings (SSSR count). The molecule has 0 spiro atoms. The lowest BCUT2D eigenvalue weighted by atomic mass is 10.1. The number of hydrogen-bond acceptors (Lipinski definition) is 1. The molecule has 1 aromatic rings. The van der Waals surface area contributed by atoms with E-state index in [1.54, 1.807) is 0 Å². The van der Waals surface area contributed by atoms with Gasteiger partial charge in [-0.2, -0.15) is 0 Å². The molecule has 17 heavy (non-hydrogen) atoms. The number of imidazole rings is 1. The van der Waals surface area contributed by atoms with Crippen molar-refractivity contribution in [2.45, 2.75) is 64.5 Å². The van der Waals surface area contributed by atoms with Crippen molar-refractivity contribution in [1.82, 2.24) is 4.57 Å². The van der Waals surface area contributed by atoms with Crippen LogP contribution in [-0.2, 0) is 7.05 Å². The summed E-state index contributed by atoms with van der Waals surface area (Å²) in [6.07, 6.45) is 15.4. The van der Waals surface area contributed by atoms with Crippen molar-refractivity contribution in [2.24, 2.45) is 7.05 Å². The van der Waals surface area contributed by atoms with E-state index < -0.39 is 0 Å². The molecule has 1 unspecified atom stereocenters. The van der Waals surface area contributed by atoms with E-state index in [9.17, 15) is 5.11 Å². The summed E-state index contributed by atoms with van der Waals surface area (Å²) in [7, 11) is 1.97. The largest absolute Gasteiger partial charge is 0.355 e. The van der Waals surface area contributed by atoms with Gasteiger partial charge in [0.1, 0.15) is 12.4 Å². The van der Waals surface area contributed by atoms with Gasteiger partial charge in [-0.05, 0) is 6.42 Å². The van der Waals surface area contributed by atoms with Crippen LogP contribution in [0.4, 0.5) is 0 Å². The van der Waals surface area contributed by atoms with Gasteiger partial charge in [0, 0.05) is 6.42 Å².